The molecule has 0 aromatic heterocycles. The van der Waals surface area contributed by atoms with Crippen LogP contribution in [-0.2, 0) is 13.0 Å². The van der Waals surface area contributed by atoms with Gasteiger partial charge in [0.2, 0.25) is 0 Å². The summed E-state index contributed by atoms with van der Waals surface area (Å²) in [7, 11) is 0. The van der Waals surface area contributed by atoms with Gasteiger partial charge in [-0.3, -0.25) is 0 Å². The maximum absolute atomic E-state index is 6.01. The second-order valence-electron chi connectivity index (χ2n) is 5.90. The second kappa shape index (κ2) is 10.8. The van der Waals surface area contributed by atoms with Crippen LogP contribution in [0.15, 0.2) is 54.6 Å². The number of hydrogen-bond acceptors (Lipinski definition) is 3. The van der Waals surface area contributed by atoms with Gasteiger partial charge < -0.3 is 15.0 Å². The first-order chi connectivity index (χ1) is 11.8. The Morgan fingerprint density at radius 1 is 0.917 bits per heavy atom. The highest BCUT2D eigenvalue weighted by atomic mass is 16.5. The Balaban J connectivity index is 1.77. The molecule has 130 valence electrons. The van der Waals surface area contributed by atoms with Crippen LogP contribution in [0.25, 0.3) is 0 Å². The molecule has 2 aromatic rings. The van der Waals surface area contributed by atoms with Gasteiger partial charge in [-0.25, -0.2) is 0 Å². The van der Waals surface area contributed by atoms with Crippen molar-refractivity contribution in [3.05, 3.63) is 65.7 Å². The zero-order valence-electron chi connectivity index (χ0n) is 15.0. The lowest BCUT2D eigenvalue weighted by molar-refractivity contribution is 0.300. The third-order valence-electron chi connectivity index (χ3n) is 4.28. The highest BCUT2D eigenvalue weighted by Crippen LogP contribution is 2.18. The number of ether oxygens (including phenoxy) is 1. The first kappa shape index (κ1) is 18.5. The zero-order valence-corrected chi connectivity index (χ0v) is 15.0. The van der Waals surface area contributed by atoms with Gasteiger partial charge in [0.1, 0.15) is 5.75 Å². The molecule has 2 aromatic carbocycles. The molecule has 0 atom stereocenters. The van der Waals surface area contributed by atoms with Crippen molar-refractivity contribution < 1.29 is 4.74 Å². The average molecular weight is 326 g/mol. The van der Waals surface area contributed by atoms with Crippen LogP contribution in [0.3, 0.4) is 0 Å². The number of hydrogen-bond donors (Lipinski definition) is 1. The van der Waals surface area contributed by atoms with E-state index in [0.717, 1.165) is 44.9 Å². The first-order valence-corrected chi connectivity index (χ1v) is 9.01. The fourth-order valence-electron chi connectivity index (χ4n) is 2.71. The van der Waals surface area contributed by atoms with Gasteiger partial charge >= 0.3 is 0 Å². The van der Waals surface area contributed by atoms with E-state index in [1.54, 1.807) is 0 Å². The molecular weight excluding hydrogens is 296 g/mol. The SMILES string of the molecule is CCN(CC)CCNCc1ccccc1OCCc1ccccc1. The molecular formula is C21H30N2O. The van der Waals surface area contributed by atoms with Gasteiger partial charge in [-0.05, 0) is 24.7 Å². The molecule has 0 unspecified atom stereocenters. The Bertz CT molecular complexity index is 567. The lowest BCUT2D eigenvalue weighted by atomic mass is 10.1. The summed E-state index contributed by atoms with van der Waals surface area (Å²) in [4.78, 5) is 2.43. The van der Waals surface area contributed by atoms with E-state index in [9.17, 15) is 0 Å². The predicted octanol–water partition coefficient (Wildman–Crippen LogP) is 3.74. The van der Waals surface area contributed by atoms with Gasteiger partial charge in [-0.15, -0.1) is 0 Å². The van der Waals surface area contributed by atoms with E-state index < -0.39 is 0 Å². The zero-order chi connectivity index (χ0) is 17.0. The third kappa shape index (κ3) is 6.34. The van der Waals surface area contributed by atoms with Crippen molar-refractivity contribution in [2.45, 2.75) is 26.8 Å². The average Bonchev–Trinajstić information content (AvgIpc) is 2.64. The minimum Gasteiger partial charge on any atom is -0.493 e. The fourth-order valence-corrected chi connectivity index (χ4v) is 2.71. The number of benzene rings is 2. The molecule has 3 heteroatoms. The quantitative estimate of drug-likeness (QED) is 0.637. The molecule has 0 spiro atoms. The number of likely N-dealkylation sites (N-methyl/N-ethyl adjacent to an activating group) is 1. The molecule has 3 nitrogen and oxygen atoms in total. The lowest BCUT2D eigenvalue weighted by Gasteiger charge is -2.18. The van der Waals surface area contributed by atoms with Gasteiger partial charge in [-0.2, -0.15) is 0 Å². The summed E-state index contributed by atoms with van der Waals surface area (Å²) in [6.45, 7) is 10.3. The van der Waals surface area contributed by atoms with Crippen molar-refractivity contribution >= 4 is 0 Å². The molecule has 0 amide bonds. The summed E-state index contributed by atoms with van der Waals surface area (Å²) in [5.41, 5.74) is 2.54. The van der Waals surface area contributed by atoms with Gasteiger partial charge in [0.15, 0.2) is 0 Å². The van der Waals surface area contributed by atoms with Crippen LogP contribution < -0.4 is 10.1 Å². The molecule has 0 radical (unpaired) electrons. The van der Waals surface area contributed by atoms with E-state index >= 15 is 0 Å². The van der Waals surface area contributed by atoms with Crippen molar-refractivity contribution in [3.63, 3.8) is 0 Å². The summed E-state index contributed by atoms with van der Waals surface area (Å²) in [6.07, 6.45) is 0.935. The molecule has 0 fully saturated rings. The van der Waals surface area contributed by atoms with E-state index in [2.05, 4.69) is 66.5 Å². The van der Waals surface area contributed by atoms with E-state index in [-0.39, 0.29) is 0 Å². The van der Waals surface area contributed by atoms with Crippen LogP contribution in [0, 0.1) is 0 Å². The van der Waals surface area contributed by atoms with Crippen LogP contribution in [0.1, 0.15) is 25.0 Å². The van der Waals surface area contributed by atoms with Gasteiger partial charge in [0, 0.05) is 31.6 Å². The normalized spacial score (nSPS) is 11.0. The molecule has 1 N–H and O–H groups in total. The number of nitrogens with one attached hydrogen (secondary N) is 1. The smallest absolute Gasteiger partial charge is 0.123 e. The summed E-state index contributed by atoms with van der Waals surface area (Å²) in [5.74, 6) is 0.990. The Morgan fingerprint density at radius 3 is 2.38 bits per heavy atom. The molecule has 0 saturated carbocycles. The molecule has 0 heterocycles. The van der Waals surface area contributed by atoms with Crippen LogP contribution in [0.5, 0.6) is 5.75 Å². The van der Waals surface area contributed by atoms with E-state index in [1.807, 2.05) is 12.1 Å². The highest BCUT2D eigenvalue weighted by molar-refractivity contribution is 5.33. The van der Waals surface area contributed by atoms with Crippen LogP contribution in [-0.4, -0.2) is 37.7 Å². The number of rotatable bonds is 11. The van der Waals surface area contributed by atoms with Crippen LogP contribution >= 0.6 is 0 Å². The van der Waals surface area contributed by atoms with Crippen molar-refractivity contribution in [1.29, 1.82) is 0 Å². The maximum atomic E-state index is 6.01. The summed E-state index contributed by atoms with van der Waals surface area (Å²) >= 11 is 0. The van der Waals surface area contributed by atoms with E-state index in [1.165, 1.54) is 11.1 Å². The Hall–Kier alpha value is -1.84. The van der Waals surface area contributed by atoms with Gasteiger partial charge in [-0.1, -0.05) is 62.4 Å². The lowest BCUT2D eigenvalue weighted by Crippen LogP contribution is -2.31. The monoisotopic (exact) mass is 326 g/mol. The number of nitrogens with zero attached hydrogens (tertiary/aromatic N) is 1. The van der Waals surface area contributed by atoms with Crippen LogP contribution in [0.4, 0.5) is 0 Å². The maximum Gasteiger partial charge on any atom is 0.123 e. The highest BCUT2D eigenvalue weighted by Gasteiger charge is 2.04. The van der Waals surface area contributed by atoms with Gasteiger partial charge in [0.05, 0.1) is 6.61 Å². The van der Waals surface area contributed by atoms with E-state index in [4.69, 9.17) is 4.74 Å². The van der Waals surface area contributed by atoms with Crippen LogP contribution in [0.2, 0.25) is 0 Å². The Morgan fingerprint density at radius 2 is 1.62 bits per heavy atom. The molecule has 0 aliphatic heterocycles. The molecule has 24 heavy (non-hydrogen) atoms. The predicted molar refractivity (Wildman–Crippen MR) is 102 cm³/mol. The van der Waals surface area contributed by atoms with E-state index in [0.29, 0.717) is 6.61 Å². The number of para-hydroxylation sites is 1. The second-order valence-corrected chi connectivity index (χ2v) is 5.90. The summed E-state index contributed by atoms with van der Waals surface area (Å²) in [6, 6.07) is 18.8. The standard InChI is InChI=1S/C21H30N2O/c1-3-23(4-2)16-15-22-18-20-12-8-9-13-21(20)24-17-14-19-10-6-5-7-11-19/h5-13,22H,3-4,14-18H2,1-2H3. The van der Waals surface area contributed by atoms with Crippen molar-refractivity contribution in [2.75, 3.05) is 32.8 Å². The molecule has 0 bridgehead atoms. The van der Waals surface area contributed by atoms with Crippen molar-refractivity contribution in [1.82, 2.24) is 10.2 Å². The fraction of sp³-hybridized carbons (Fsp3) is 0.429. The molecule has 0 aliphatic carbocycles. The largest absolute Gasteiger partial charge is 0.493 e. The van der Waals surface area contributed by atoms with Crippen molar-refractivity contribution in [2.24, 2.45) is 0 Å². The first-order valence-electron chi connectivity index (χ1n) is 9.01. The van der Waals surface area contributed by atoms with Gasteiger partial charge in [0.25, 0.3) is 0 Å². The third-order valence-corrected chi connectivity index (χ3v) is 4.28. The molecule has 2 rings (SSSR count). The molecule has 0 aliphatic rings. The Kier molecular flexibility index (Phi) is 8.36. The topological polar surface area (TPSA) is 24.5 Å². The minimum atomic E-state index is 0.709. The Labute approximate surface area is 146 Å². The minimum absolute atomic E-state index is 0.709. The summed E-state index contributed by atoms with van der Waals surface area (Å²) < 4.78 is 6.01. The molecule has 0 saturated heterocycles. The van der Waals surface area contributed by atoms with Crippen molar-refractivity contribution in [3.8, 4) is 5.75 Å². The summed E-state index contributed by atoms with van der Waals surface area (Å²) in [5, 5.41) is 3.53.